The van der Waals surface area contributed by atoms with Gasteiger partial charge in [-0.2, -0.15) is 0 Å². The van der Waals surface area contributed by atoms with Crippen molar-refractivity contribution >= 4 is 18.0 Å². The number of rotatable bonds is 6. The normalized spacial score (nSPS) is 11.0. The number of hydrogen-bond acceptors (Lipinski definition) is 3. The molecule has 0 radical (unpaired) electrons. The van der Waals surface area contributed by atoms with Crippen LogP contribution in [0.5, 0.6) is 0 Å². The lowest BCUT2D eigenvalue weighted by Crippen LogP contribution is -2.14. The maximum atomic E-state index is 13.2. The summed E-state index contributed by atoms with van der Waals surface area (Å²) in [5.74, 6) is -1.96. The first-order valence-corrected chi connectivity index (χ1v) is 8.28. The number of carbonyl (C=O) groups excluding carboxylic acids is 1. The topological polar surface area (TPSA) is 41.9 Å². The van der Waals surface area contributed by atoms with E-state index in [1.807, 2.05) is 31.9 Å². The number of ether oxygens (including phenoxy) is 1. The molecule has 0 bridgehead atoms. The molecule has 2 aromatic carbocycles. The summed E-state index contributed by atoms with van der Waals surface area (Å²) >= 11 is 0. The van der Waals surface area contributed by atoms with E-state index in [4.69, 9.17) is 4.74 Å². The summed E-state index contributed by atoms with van der Waals surface area (Å²) in [7, 11) is 1.92. The third-order valence-electron chi connectivity index (χ3n) is 3.95. The molecule has 2 rings (SSSR count). The second-order valence-corrected chi connectivity index (χ2v) is 6.13. The van der Waals surface area contributed by atoms with Crippen LogP contribution in [0.3, 0.4) is 0 Å². The van der Waals surface area contributed by atoms with Gasteiger partial charge in [-0.3, -0.25) is 0 Å². The van der Waals surface area contributed by atoms with Gasteiger partial charge < -0.3 is 9.64 Å². The van der Waals surface area contributed by atoms with Gasteiger partial charge in [0.25, 0.3) is 0 Å². The molecule has 0 spiro atoms. The lowest BCUT2D eigenvalue weighted by atomic mass is 10.0. The number of aryl methyl sites for hydroxylation is 2. The summed E-state index contributed by atoms with van der Waals surface area (Å²) in [6.45, 7) is 6.31. The van der Waals surface area contributed by atoms with E-state index in [1.54, 1.807) is 19.3 Å². The van der Waals surface area contributed by atoms with Gasteiger partial charge in [-0.05, 0) is 61.7 Å². The number of hydrogen-bond donors (Lipinski definition) is 0. The summed E-state index contributed by atoms with van der Waals surface area (Å²) in [5.41, 5.74) is 2.99. The molecule has 26 heavy (non-hydrogen) atoms. The van der Waals surface area contributed by atoms with Gasteiger partial charge in [-0.25, -0.2) is 18.6 Å². The predicted octanol–water partition coefficient (Wildman–Crippen LogP) is 4.55. The fraction of sp³-hybridized carbons (Fsp3) is 0.300. The lowest BCUT2D eigenvalue weighted by molar-refractivity contribution is 0.0471. The molecule has 0 fully saturated rings. The van der Waals surface area contributed by atoms with Crippen molar-refractivity contribution in [2.45, 2.75) is 27.4 Å². The third-order valence-corrected chi connectivity index (χ3v) is 3.95. The highest BCUT2D eigenvalue weighted by Gasteiger charge is 2.14. The van der Waals surface area contributed by atoms with E-state index in [0.717, 1.165) is 41.6 Å². The number of aliphatic imine (C=N–C) groups is 1. The van der Waals surface area contributed by atoms with Gasteiger partial charge in [0.15, 0.2) is 0 Å². The first kappa shape index (κ1) is 19.6. The van der Waals surface area contributed by atoms with Crippen molar-refractivity contribution in [2.75, 3.05) is 13.6 Å². The van der Waals surface area contributed by atoms with Crippen molar-refractivity contribution in [1.29, 1.82) is 0 Å². The zero-order valence-electron chi connectivity index (χ0n) is 15.3. The van der Waals surface area contributed by atoms with Crippen molar-refractivity contribution in [3.63, 3.8) is 0 Å². The molecule has 138 valence electrons. The van der Waals surface area contributed by atoms with E-state index < -0.39 is 17.6 Å². The molecule has 0 atom stereocenters. The standard InChI is InChI=1S/C20H22F2N2O2/c1-5-24(4)12-23-19-7-13(2)18(6-14(19)3)20(25)26-11-15-8-16(21)10-17(22)9-15/h6-10,12H,5,11H2,1-4H3. The summed E-state index contributed by atoms with van der Waals surface area (Å²) in [5, 5.41) is 0. The van der Waals surface area contributed by atoms with E-state index in [0.29, 0.717) is 5.56 Å². The van der Waals surface area contributed by atoms with Crippen LogP contribution in [-0.4, -0.2) is 30.8 Å². The minimum atomic E-state index is -0.706. The minimum absolute atomic E-state index is 0.201. The Morgan fingerprint density at radius 1 is 1.12 bits per heavy atom. The van der Waals surface area contributed by atoms with Gasteiger partial charge in [-0.15, -0.1) is 0 Å². The molecule has 0 heterocycles. The highest BCUT2D eigenvalue weighted by Crippen LogP contribution is 2.24. The van der Waals surface area contributed by atoms with E-state index in [9.17, 15) is 13.6 Å². The van der Waals surface area contributed by atoms with Gasteiger partial charge in [0.05, 0.1) is 17.6 Å². The van der Waals surface area contributed by atoms with E-state index in [2.05, 4.69) is 4.99 Å². The maximum absolute atomic E-state index is 13.2. The molecule has 6 heteroatoms. The van der Waals surface area contributed by atoms with Crippen LogP contribution in [0, 0.1) is 25.5 Å². The summed E-state index contributed by atoms with van der Waals surface area (Å²) in [6.07, 6.45) is 1.73. The van der Waals surface area contributed by atoms with Crippen molar-refractivity contribution in [3.8, 4) is 0 Å². The van der Waals surface area contributed by atoms with Crippen LogP contribution in [-0.2, 0) is 11.3 Å². The number of halogens is 2. The summed E-state index contributed by atoms with van der Waals surface area (Å²) < 4.78 is 31.6. The summed E-state index contributed by atoms with van der Waals surface area (Å²) in [6, 6.07) is 6.57. The van der Waals surface area contributed by atoms with Gasteiger partial charge >= 0.3 is 5.97 Å². The predicted molar refractivity (Wildman–Crippen MR) is 97.8 cm³/mol. The summed E-state index contributed by atoms with van der Waals surface area (Å²) in [4.78, 5) is 18.7. The number of esters is 1. The number of carbonyl (C=O) groups is 1. The molecule has 2 aromatic rings. The molecule has 0 aliphatic rings. The number of benzene rings is 2. The quantitative estimate of drug-likeness (QED) is 0.431. The molecule has 0 N–H and O–H groups in total. The second kappa shape index (κ2) is 8.56. The Kier molecular flexibility index (Phi) is 6.44. The van der Waals surface area contributed by atoms with Gasteiger partial charge in [0.2, 0.25) is 0 Å². The molecule has 0 aliphatic heterocycles. The molecule has 0 aromatic heterocycles. The van der Waals surface area contributed by atoms with Crippen LogP contribution >= 0.6 is 0 Å². The van der Waals surface area contributed by atoms with Crippen molar-refractivity contribution in [1.82, 2.24) is 4.90 Å². The van der Waals surface area contributed by atoms with Gasteiger partial charge in [-0.1, -0.05) is 0 Å². The Labute approximate surface area is 152 Å². The van der Waals surface area contributed by atoms with Gasteiger partial charge in [0.1, 0.15) is 18.2 Å². The average molecular weight is 360 g/mol. The van der Waals surface area contributed by atoms with Crippen LogP contribution in [0.15, 0.2) is 35.3 Å². The van der Waals surface area contributed by atoms with Crippen LogP contribution in [0.25, 0.3) is 0 Å². The minimum Gasteiger partial charge on any atom is -0.457 e. The molecular formula is C20H22F2N2O2. The van der Waals surface area contributed by atoms with Crippen LogP contribution in [0.4, 0.5) is 14.5 Å². The van der Waals surface area contributed by atoms with Crippen LogP contribution in [0.1, 0.15) is 34.0 Å². The zero-order chi connectivity index (χ0) is 19.3. The first-order valence-electron chi connectivity index (χ1n) is 8.28. The van der Waals surface area contributed by atoms with Crippen molar-refractivity contribution < 1.29 is 18.3 Å². The molecule has 4 nitrogen and oxygen atoms in total. The Balaban J connectivity index is 2.13. The van der Waals surface area contributed by atoms with Gasteiger partial charge in [0, 0.05) is 19.7 Å². The monoisotopic (exact) mass is 360 g/mol. The van der Waals surface area contributed by atoms with E-state index in [-0.39, 0.29) is 12.2 Å². The first-order chi connectivity index (χ1) is 12.3. The molecule has 0 saturated carbocycles. The van der Waals surface area contributed by atoms with Crippen LogP contribution in [0.2, 0.25) is 0 Å². The molecule has 0 amide bonds. The van der Waals surface area contributed by atoms with E-state index in [1.165, 1.54) is 0 Å². The Morgan fingerprint density at radius 2 is 1.77 bits per heavy atom. The maximum Gasteiger partial charge on any atom is 0.338 e. The SMILES string of the molecule is CCN(C)C=Nc1cc(C)c(C(=O)OCc2cc(F)cc(F)c2)cc1C. The van der Waals surface area contributed by atoms with E-state index >= 15 is 0 Å². The van der Waals surface area contributed by atoms with Crippen LogP contribution < -0.4 is 0 Å². The average Bonchev–Trinajstić information content (AvgIpc) is 2.58. The molecule has 0 aliphatic carbocycles. The Morgan fingerprint density at radius 3 is 2.38 bits per heavy atom. The lowest BCUT2D eigenvalue weighted by Gasteiger charge is -2.12. The Hall–Kier alpha value is -2.76. The smallest absolute Gasteiger partial charge is 0.338 e. The molecular weight excluding hydrogens is 338 g/mol. The second-order valence-electron chi connectivity index (χ2n) is 6.13. The zero-order valence-corrected chi connectivity index (χ0v) is 15.3. The molecule has 0 unspecified atom stereocenters. The van der Waals surface area contributed by atoms with Crippen molar-refractivity contribution in [2.24, 2.45) is 4.99 Å². The largest absolute Gasteiger partial charge is 0.457 e. The highest BCUT2D eigenvalue weighted by molar-refractivity contribution is 5.92. The number of nitrogens with zero attached hydrogens (tertiary/aromatic N) is 2. The highest BCUT2D eigenvalue weighted by atomic mass is 19.1. The third kappa shape index (κ3) is 5.12. The Bertz CT molecular complexity index is 815. The molecule has 0 saturated heterocycles. The fourth-order valence-corrected chi connectivity index (χ4v) is 2.32. The van der Waals surface area contributed by atoms with Crippen molar-refractivity contribution in [3.05, 3.63) is 64.2 Å². The fourth-order valence-electron chi connectivity index (χ4n) is 2.32.